The summed E-state index contributed by atoms with van der Waals surface area (Å²) in [4.78, 5) is 27.4. The third-order valence-electron chi connectivity index (χ3n) is 4.11. The Balaban J connectivity index is 1.88. The van der Waals surface area contributed by atoms with Crippen molar-refractivity contribution in [2.45, 2.75) is 13.3 Å². The standard InChI is InChI=1S/C13H24N4O2/c1-10-7-15-8-11(10)13(19)17-4-2-3-16(5-6-17)9-12(14)18/h10-11,15H,2-9H2,1H3,(H2,14,18)/t10-,11-/m1/s1. The van der Waals surface area contributed by atoms with E-state index in [1.54, 1.807) is 0 Å². The van der Waals surface area contributed by atoms with Crippen LogP contribution in [-0.2, 0) is 9.59 Å². The summed E-state index contributed by atoms with van der Waals surface area (Å²) in [7, 11) is 0. The molecule has 2 aliphatic heterocycles. The van der Waals surface area contributed by atoms with Crippen LogP contribution >= 0.6 is 0 Å². The Hall–Kier alpha value is -1.14. The van der Waals surface area contributed by atoms with Gasteiger partial charge in [-0.05, 0) is 18.9 Å². The number of nitrogens with two attached hydrogens (primary N) is 1. The fourth-order valence-corrected chi connectivity index (χ4v) is 2.94. The monoisotopic (exact) mass is 268 g/mol. The van der Waals surface area contributed by atoms with Gasteiger partial charge in [0.15, 0.2) is 0 Å². The summed E-state index contributed by atoms with van der Waals surface area (Å²) in [5, 5.41) is 3.27. The van der Waals surface area contributed by atoms with Crippen LogP contribution < -0.4 is 11.1 Å². The molecule has 0 spiro atoms. The van der Waals surface area contributed by atoms with Crippen LogP contribution in [0.15, 0.2) is 0 Å². The summed E-state index contributed by atoms with van der Waals surface area (Å²) in [5.41, 5.74) is 5.22. The van der Waals surface area contributed by atoms with Crippen LogP contribution in [0, 0.1) is 11.8 Å². The number of nitrogens with one attached hydrogen (secondary N) is 1. The molecule has 0 aromatic heterocycles. The molecule has 19 heavy (non-hydrogen) atoms. The molecule has 3 N–H and O–H groups in total. The number of rotatable bonds is 3. The highest BCUT2D eigenvalue weighted by molar-refractivity contribution is 5.80. The minimum Gasteiger partial charge on any atom is -0.369 e. The van der Waals surface area contributed by atoms with Crippen molar-refractivity contribution in [2.75, 3.05) is 45.8 Å². The van der Waals surface area contributed by atoms with Gasteiger partial charge < -0.3 is 16.0 Å². The van der Waals surface area contributed by atoms with Crippen LogP contribution in [0.2, 0.25) is 0 Å². The van der Waals surface area contributed by atoms with Crippen LogP contribution in [-0.4, -0.2) is 67.4 Å². The van der Waals surface area contributed by atoms with E-state index in [4.69, 9.17) is 5.73 Å². The van der Waals surface area contributed by atoms with Crippen molar-refractivity contribution < 1.29 is 9.59 Å². The van der Waals surface area contributed by atoms with E-state index in [0.717, 1.165) is 39.1 Å². The molecule has 2 amide bonds. The third kappa shape index (κ3) is 3.67. The molecule has 0 aromatic rings. The van der Waals surface area contributed by atoms with Gasteiger partial charge in [0, 0.05) is 32.7 Å². The molecule has 0 saturated carbocycles. The van der Waals surface area contributed by atoms with Gasteiger partial charge in [-0.15, -0.1) is 0 Å². The molecule has 6 heteroatoms. The molecular weight excluding hydrogens is 244 g/mol. The normalized spacial score (nSPS) is 29.2. The molecule has 2 rings (SSSR count). The smallest absolute Gasteiger partial charge is 0.231 e. The lowest BCUT2D eigenvalue weighted by atomic mass is 9.96. The highest BCUT2D eigenvalue weighted by atomic mass is 16.2. The minimum atomic E-state index is -0.298. The van der Waals surface area contributed by atoms with Crippen molar-refractivity contribution in [3.8, 4) is 0 Å². The average molecular weight is 268 g/mol. The Morgan fingerprint density at radius 1 is 1.21 bits per heavy atom. The van der Waals surface area contributed by atoms with Gasteiger partial charge in [0.05, 0.1) is 12.5 Å². The molecule has 2 aliphatic rings. The van der Waals surface area contributed by atoms with E-state index < -0.39 is 0 Å². The Morgan fingerprint density at radius 2 is 2.00 bits per heavy atom. The second-order valence-corrected chi connectivity index (χ2v) is 5.66. The van der Waals surface area contributed by atoms with Crippen LogP contribution in [0.1, 0.15) is 13.3 Å². The lowest BCUT2D eigenvalue weighted by Crippen LogP contribution is -2.41. The summed E-state index contributed by atoms with van der Waals surface area (Å²) in [6.07, 6.45) is 0.910. The van der Waals surface area contributed by atoms with Gasteiger partial charge in [-0.3, -0.25) is 14.5 Å². The second-order valence-electron chi connectivity index (χ2n) is 5.66. The van der Waals surface area contributed by atoms with Crippen LogP contribution in [0.4, 0.5) is 0 Å². The van der Waals surface area contributed by atoms with Crippen molar-refractivity contribution in [2.24, 2.45) is 17.6 Å². The Morgan fingerprint density at radius 3 is 2.63 bits per heavy atom. The fourth-order valence-electron chi connectivity index (χ4n) is 2.94. The van der Waals surface area contributed by atoms with Gasteiger partial charge >= 0.3 is 0 Å². The van der Waals surface area contributed by atoms with E-state index in [1.165, 1.54) is 0 Å². The molecule has 2 atom stereocenters. The highest BCUT2D eigenvalue weighted by Gasteiger charge is 2.33. The summed E-state index contributed by atoms with van der Waals surface area (Å²) < 4.78 is 0. The molecular formula is C13H24N4O2. The Bertz CT molecular complexity index is 348. The van der Waals surface area contributed by atoms with E-state index in [0.29, 0.717) is 19.0 Å². The fraction of sp³-hybridized carbons (Fsp3) is 0.846. The number of nitrogens with zero attached hydrogens (tertiary/aromatic N) is 2. The molecule has 0 aliphatic carbocycles. The maximum Gasteiger partial charge on any atom is 0.231 e. The average Bonchev–Trinajstić information content (AvgIpc) is 2.64. The number of carbonyl (C=O) groups excluding carboxylic acids is 2. The summed E-state index contributed by atoms with van der Waals surface area (Å²) >= 11 is 0. The van der Waals surface area contributed by atoms with Crippen LogP contribution in [0.25, 0.3) is 0 Å². The molecule has 2 fully saturated rings. The molecule has 2 heterocycles. The van der Waals surface area contributed by atoms with Crippen molar-refractivity contribution in [3.63, 3.8) is 0 Å². The first kappa shape index (κ1) is 14.3. The molecule has 0 radical (unpaired) electrons. The highest BCUT2D eigenvalue weighted by Crippen LogP contribution is 2.19. The number of amides is 2. The SMILES string of the molecule is C[C@@H]1CNC[C@H]1C(=O)N1CCCN(CC(N)=O)CC1. The number of carbonyl (C=O) groups is 2. The zero-order valence-electron chi connectivity index (χ0n) is 11.6. The largest absolute Gasteiger partial charge is 0.369 e. The predicted octanol–water partition coefficient (Wildman–Crippen LogP) is -1.14. The van der Waals surface area contributed by atoms with E-state index in [9.17, 15) is 9.59 Å². The predicted molar refractivity (Wildman–Crippen MR) is 72.4 cm³/mol. The number of hydrogen-bond acceptors (Lipinski definition) is 4. The van der Waals surface area contributed by atoms with Crippen LogP contribution in [0.5, 0.6) is 0 Å². The first-order valence-electron chi connectivity index (χ1n) is 7.08. The maximum absolute atomic E-state index is 12.5. The number of primary amides is 1. The van der Waals surface area contributed by atoms with Crippen molar-refractivity contribution >= 4 is 11.8 Å². The van der Waals surface area contributed by atoms with Gasteiger partial charge in [-0.25, -0.2) is 0 Å². The maximum atomic E-state index is 12.5. The van der Waals surface area contributed by atoms with Crippen molar-refractivity contribution in [1.29, 1.82) is 0 Å². The zero-order chi connectivity index (χ0) is 13.8. The van der Waals surface area contributed by atoms with Gasteiger partial charge in [-0.2, -0.15) is 0 Å². The quantitative estimate of drug-likeness (QED) is 0.678. The lowest BCUT2D eigenvalue weighted by Gasteiger charge is -2.25. The molecule has 2 saturated heterocycles. The first-order chi connectivity index (χ1) is 9.08. The van der Waals surface area contributed by atoms with Gasteiger partial charge in [0.1, 0.15) is 0 Å². The van der Waals surface area contributed by atoms with Gasteiger partial charge in [0.2, 0.25) is 11.8 Å². The summed E-state index contributed by atoms with van der Waals surface area (Å²) in [6, 6.07) is 0. The minimum absolute atomic E-state index is 0.114. The van der Waals surface area contributed by atoms with Crippen molar-refractivity contribution in [1.82, 2.24) is 15.1 Å². The molecule has 0 bridgehead atoms. The molecule has 0 unspecified atom stereocenters. The zero-order valence-corrected chi connectivity index (χ0v) is 11.6. The van der Waals surface area contributed by atoms with E-state index in [2.05, 4.69) is 12.2 Å². The van der Waals surface area contributed by atoms with Gasteiger partial charge in [-0.1, -0.05) is 6.92 Å². The molecule has 6 nitrogen and oxygen atoms in total. The van der Waals surface area contributed by atoms with Gasteiger partial charge in [0.25, 0.3) is 0 Å². The third-order valence-corrected chi connectivity index (χ3v) is 4.11. The molecule has 0 aromatic carbocycles. The van der Waals surface area contributed by atoms with E-state index in [1.807, 2.05) is 9.80 Å². The molecule has 108 valence electrons. The number of hydrogen-bond donors (Lipinski definition) is 2. The summed E-state index contributed by atoms with van der Waals surface area (Å²) in [5.74, 6) is 0.493. The Kier molecular flexibility index (Phi) is 4.76. The van der Waals surface area contributed by atoms with E-state index in [-0.39, 0.29) is 17.7 Å². The van der Waals surface area contributed by atoms with Crippen LogP contribution in [0.3, 0.4) is 0 Å². The Labute approximate surface area is 114 Å². The van der Waals surface area contributed by atoms with E-state index >= 15 is 0 Å². The first-order valence-corrected chi connectivity index (χ1v) is 7.08. The van der Waals surface area contributed by atoms with Crippen molar-refractivity contribution in [3.05, 3.63) is 0 Å². The summed E-state index contributed by atoms with van der Waals surface area (Å²) in [6.45, 7) is 7.21. The topological polar surface area (TPSA) is 78.7 Å². The lowest BCUT2D eigenvalue weighted by molar-refractivity contribution is -0.135. The second kappa shape index (κ2) is 6.34.